The van der Waals surface area contributed by atoms with Gasteiger partial charge in [-0.1, -0.05) is 27.7 Å². The van der Waals surface area contributed by atoms with Crippen molar-refractivity contribution in [3.05, 3.63) is 0 Å². The van der Waals surface area contributed by atoms with Crippen molar-refractivity contribution < 1.29 is 19.2 Å². The monoisotopic (exact) mass is 314 g/mol. The molecule has 2 atom stereocenters. The summed E-state index contributed by atoms with van der Waals surface area (Å²) >= 11 is 0. The molecule has 0 aromatic rings. The van der Waals surface area contributed by atoms with Crippen LogP contribution in [0.5, 0.6) is 0 Å². The predicted octanol–water partition coefficient (Wildman–Crippen LogP) is -0.981. The summed E-state index contributed by atoms with van der Waals surface area (Å²) in [5.74, 6) is -3.63. The molecule has 0 aliphatic heterocycles. The molecule has 6 N–H and O–H groups in total. The van der Waals surface area contributed by atoms with Gasteiger partial charge in [0, 0.05) is 0 Å². The molecule has 8 nitrogen and oxygen atoms in total. The van der Waals surface area contributed by atoms with Crippen molar-refractivity contribution >= 4 is 23.6 Å². The van der Waals surface area contributed by atoms with E-state index in [9.17, 15) is 19.2 Å². The number of rotatable bonds is 6. The standard InChI is InChI=1S/C14H26N4O4/c1-7(2)5-9(15)11(19)17-13(21)14(22)18-12(20)10(16)6-8(3)4/h7-10H,5-6,15-16H2,1-4H3,(H,17,19,21)(H,18,20,22). The summed E-state index contributed by atoms with van der Waals surface area (Å²) in [5, 5.41) is 3.72. The molecule has 0 aromatic heterocycles. The first kappa shape index (κ1) is 20.2. The molecule has 8 heteroatoms. The molecule has 126 valence electrons. The average Bonchev–Trinajstić information content (AvgIpc) is 2.36. The molecule has 0 heterocycles. The number of carbonyl (C=O) groups excluding carboxylic acids is 4. The third-order valence-electron chi connectivity index (χ3n) is 2.80. The first-order chi connectivity index (χ1) is 10.0. The molecule has 0 aromatic carbocycles. The minimum absolute atomic E-state index is 0.167. The van der Waals surface area contributed by atoms with Crippen LogP contribution in [0.4, 0.5) is 0 Å². The van der Waals surface area contributed by atoms with Crippen LogP contribution in [0, 0.1) is 11.8 Å². The Kier molecular flexibility index (Phi) is 8.51. The fraction of sp³-hybridized carbons (Fsp3) is 0.714. The van der Waals surface area contributed by atoms with Gasteiger partial charge in [-0.15, -0.1) is 0 Å². The molecular weight excluding hydrogens is 288 g/mol. The first-order valence-electron chi connectivity index (χ1n) is 7.25. The van der Waals surface area contributed by atoms with E-state index in [-0.39, 0.29) is 11.8 Å². The predicted molar refractivity (Wildman–Crippen MR) is 81.2 cm³/mol. The lowest BCUT2D eigenvalue weighted by Crippen LogP contribution is -2.52. The fourth-order valence-electron chi connectivity index (χ4n) is 1.75. The molecule has 0 spiro atoms. The zero-order valence-corrected chi connectivity index (χ0v) is 13.5. The number of hydrogen-bond donors (Lipinski definition) is 4. The van der Waals surface area contributed by atoms with E-state index in [2.05, 4.69) is 0 Å². The minimum atomic E-state index is -1.23. The number of hydrogen-bond acceptors (Lipinski definition) is 6. The Morgan fingerprint density at radius 1 is 0.727 bits per heavy atom. The maximum absolute atomic E-state index is 11.6. The fourth-order valence-corrected chi connectivity index (χ4v) is 1.75. The van der Waals surface area contributed by atoms with Gasteiger partial charge in [0.2, 0.25) is 11.8 Å². The summed E-state index contributed by atoms with van der Waals surface area (Å²) in [4.78, 5) is 46.3. The maximum Gasteiger partial charge on any atom is 0.316 e. The Labute approximate surface area is 130 Å². The lowest BCUT2D eigenvalue weighted by atomic mass is 10.0. The third kappa shape index (κ3) is 7.84. The van der Waals surface area contributed by atoms with Crippen LogP contribution in [0.1, 0.15) is 40.5 Å². The van der Waals surface area contributed by atoms with Gasteiger partial charge in [-0.2, -0.15) is 0 Å². The number of nitrogens with one attached hydrogen (secondary N) is 2. The van der Waals surface area contributed by atoms with Gasteiger partial charge in [0.25, 0.3) is 0 Å². The van der Waals surface area contributed by atoms with Crippen LogP contribution in [0.15, 0.2) is 0 Å². The van der Waals surface area contributed by atoms with E-state index in [0.717, 1.165) is 0 Å². The van der Waals surface area contributed by atoms with Crippen molar-refractivity contribution in [2.24, 2.45) is 23.3 Å². The van der Waals surface area contributed by atoms with Gasteiger partial charge >= 0.3 is 11.8 Å². The summed E-state index contributed by atoms with van der Waals surface area (Å²) in [6, 6.07) is -1.79. The van der Waals surface area contributed by atoms with Crippen LogP contribution in [0.25, 0.3) is 0 Å². The molecule has 0 rings (SSSR count). The lowest BCUT2D eigenvalue weighted by molar-refractivity contribution is -0.145. The van der Waals surface area contributed by atoms with Crippen LogP contribution in [-0.2, 0) is 19.2 Å². The van der Waals surface area contributed by atoms with Gasteiger partial charge in [-0.25, -0.2) is 0 Å². The summed E-state index contributed by atoms with van der Waals surface area (Å²) in [7, 11) is 0. The van der Waals surface area contributed by atoms with Crippen LogP contribution in [-0.4, -0.2) is 35.7 Å². The van der Waals surface area contributed by atoms with Gasteiger partial charge < -0.3 is 11.5 Å². The van der Waals surface area contributed by atoms with Crippen LogP contribution < -0.4 is 22.1 Å². The summed E-state index contributed by atoms with van der Waals surface area (Å²) in [6.07, 6.45) is 0.748. The lowest BCUT2D eigenvalue weighted by Gasteiger charge is -2.14. The smallest absolute Gasteiger partial charge is 0.316 e. The van der Waals surface area contributed by atoms with E-state index >= 15 is 0 Å². The molecule has 0 fully saturated rings. The Morgan fingerprint density at radius 2 is 1.00 bits per heavy atom. The van der Waals surface area contributed by atoms with E-state index < -0.39 is 35.7 Å². The molecule has 4 amide bonds. The number of nitrogens with two attached hydrogens (primary N) is 2. The summed E-state index contributed by atoms with van der Waals surface area (Å²) < 4.78 is 0. The zero-order valence-electron chi connectivity index (χ0n) is 13.5. The molecule has 2 unspecified atom stereocenters. The van der Waals surface area contributed by atoms with Gasteiger partial charge in [0.1, 0.15) is 0 Å². The summed E-state index contributed by atoms with van der Waals surface area (Å²) in [5.41, 5.74) is 11.2. The van der Waals surface area contributed by atoms with E-state index in [1.165, 1.54) is 0 Å². The van der Waals surface area contributed by atoms with Gasteiger partial charge in [0.05, 0.1) is 12.1 Å². The second-order valence-corrected chi connectivity index (χ2v) is 6.11. The molecule has 0 saturated heterocycles. The quantitative estimate of drug-likeness (QED) is 0.464. The van der Waals surface area contributed by atoms with Crippen molar-refractivity contribution in [1.82, 2.24) is 10.6 Å². The van der Waals surface area contributed by atoms with Gasteiger partial charge in [-0.05, 0) is 24.7 Å². The Hall–Kier alpha value is -1.80. The van der Waals surface area contributed by atoms with Crippen molar-refractivity contribution in [1.29, 1.82) is 0 Å². The van der Waals surface area contributed by atoms with E-state index in [0.29, 0.717) is 12.8 Å². The largest absolute Gasteiger partial charge is 0.320 e. The number of carbonyl (C=O) groups is 4. The van der Waals surface area contributed by atoms with E-state index in [1.807, 2.05) is 38.3 Å². The van der Waals surface area contributed by atoms with Crippen LogP contribution >= 0.6 is 0 Å². The molecule has 22 heavy (non-hydrogen) atoms. The normalized spacial score (nSPS) is 13.6. The molecule has 0 bridgehead atoms. The Balaban J connectivity index is 4.41. The van der Waals surface area contributed by atoms with Crippen molar-refractivity contribution in [3.63, 3.8) is 0 Å². The van der Waals surface area contributed by atoms with Gasteiger partial charge in [-0.3, -0.25) is 29.8 Å². The van der Waals surface area contributed by atoms with E-state index in [1.54, 1.807) is 0 Å². The molecule has 0 radical (unpaired) electrons. The minimum Gasteiger partial charge on any atom is -0.320 e. The average molecular weight is 314 g/mol. The third-order valence-corrected chi connectivity index (χ3v) is 2.80. The van der Waals surface area contributed by atoms with Crippen molar-refractivity contribution in [3.8, 4) is 0 Å². The Morgan fingerprint density at radius 3 is 1.23 bits per heavy atom. The highest BCUT2D eigenvalue weighted by molar-refractivity contribution is 6.40. The second kappa shape index (κ2) is 9.26. The van der Waals surface area contributed by atoms with E-state index in [4.69, 9.17) is 11.5 Å². The molecule has 0 aliphatic carbocycles. The molecule has 0 saturated carbocycles. The highest BCUT2D eigenvalue weighted by atomic mass is 16.2. The SMILES string of the molecule is CC(C)CC(N)C(=O)NC(=O)C(=O)NC(=O)C(N)CC(C)C. The topological polar surface area (TPSA) is 144 Å². The second-order valence-electron chi connectivity index (χ2n) is 6.11. The van der Waals surface area contributed by atoms with Gasteiger partial charge in [0.15, 0.2) is 0 Å². The van der Waals surface area contributed by atoms with Crippen molar-refractivity contribution in [2.75, 3.05) is 0 Å². The first-order valence-corrected chi connectivity index (χ1v) is 7.25. The zero-order chi connectivity index (χ0) is 17.4. The van der Waals surface area contributed by atoms with Crippen LogP contribution in [0.3, 0.4) is 0 Å². The van der Waals surface area contributed by atoms with Crippen molar-refractivity contribution in [2.45, 2.75) is 52.6 Å². The number of amides is 4. The highest BCUT2D eigenvalue weighted by Crippen LogP contribution is 2.03. The summed E-state index contributed by atoms with van der Waals surface area (Å²) in [6.45, 7) is 7.49. The van der Waals surface area contributed by atoms with Crippen LogP contribution in [0.2, 0.25) is 0 Å². The maximum atomic E-state index is 11.6. The number of imide groups is 2. The molecular formula is C14H26N4O4. The highest BCUT2D eigenvalue weighted by Gasteiger charge is 2.25. The Bertz CT molecular complexity index is 395. The molecule has 0 aliphatic rings.